The van der Waals surface area contributed by atoms with Crippen molar-refractivity contribution in [1.82, 2.24) is 29.7 Å². The second-order valence-corrected chi connectivity index (χ2v) is 5.95. The quantitative estimate of drug-likeness (QED) is 0.619. The van der Waals surface area contributed by atoms with Gasteiger partial charge < -0.3 is 5.11 Å². The highest BCUT2D eigenvalue weighted by Gasteiger charge is 2.23. The number of H-pyrrole nitrogens is 1. The number of aromatic amines is 1. The highest BCUT2D eigenvalue weighted by molar-refractivity contribution is 7.89. The highest BCUT2D eigenvalue weighted by atomic mass is 32.2. The SMILES string of the molecule is Cc1[nH]nc(S(=O)(=O)NCCc2ncn(C)n2)c1CO. The highest BCUT2D eigenvalue weighted by Crippen LogP contribution is 2.15. The van der Waals surface area contributed by atoms with Gasteiger partial charge in [-0.05, 0) is 6.92 Å². The van der Waals surface area contributed by atoms with Crippen molar-refractivity contribution < 1.29 is 13.5 Å². The topological polar surface area (TPSA) is 126 Å². The molecule has 0 aromatic carbocycles. The molecular formula is C10H16N6O3S. The average Bonchev–Trinajstić information content (AvgIpc) is 2.95. The molecule has 20 heavy (non-hydrogen) atoms. The summed E-state index contributed by atoms with van der Waals surface area (Å²) in [6, 6.07) is 0. The average molecular weight is 300 g/mol. The number of rotatable bonds is 6. The van der Waals surface area contributed by atoms with Crippen LogP contribution in [-0.2, 0) is 30.1 Å². The van der Waals surface area contributed by atoms with Crippen LogP contribution in [0.5, 0.6) is 0 Å². The predicted molar refractivity (Wildman–Crippen MR) is 69.1 cm³/mol. The lowest BCUT2D eigenvalue weighted by atomic mass is 10.3. The van der Waals surface area contributed by atoms with E-state index in [4.69, 9.17) is 0 Å². The first-order valence-corrected chi connectivity index (χ1v) is 7.41. The van der Waals surface area contributed by atoms with Crippen LogP contribution < -0.4 is 4.72 Å². The first-order chi connectivity index (χ1) is 9.44. The van der Waals surface area contributed by atoms with Gasteiger partial charge in [-0.2, -0.15) is 10.2 Å². The molecule has 0 bridgehead atoms. The van der Waals surface area contributed by atoms with Crippen molar-refractivity contribution in [2.45, 2.75) is 25.0 Å². The van der Waals surface area contributed by atoms with Crippen molar-refractivity contribution in [3.05, 3.63) is 23.4 Å². The summed E-state index contributed by atoms with van der Waals surface area (Å²) in [7, 11) is -2.02. The lowest BCUT2D eigenvalue weighted by Crippen LogP contribution is -2.27. The summed E-state index contributed by atoms with van der Waals surface area (Å²) in [5, 5.41) is 19.3. The Morgan fingerprint density at radius 3 is 2.85 bits per heavy atom. The predicted octanol–water partition coefficient (Wildman–Crippen LogP) is -1.14. The molecule has 2 aromatic heterocycles. The summed E-state index contributed by atoms with van der Waals surface area (Å²) in [6.07, 6.45) is 1.92. The Hall–Kier alpha value is -1.78. The van der Waals surface area contributed by atoms with Gasteiger partial charge in [-0.15, -0.1) is 0 Å². The molecule has 0 unspecified atom stereocenters. The maximum absolute atomic E-state index is 12.1. The van der Waals surface area contributed by atoms with Crippen LogP contribution in [0.1, 0.15) is 17.1 Å². The van der Waals surface area contributed by atoms with E-state index < -0.39 is 10.0 Å². The maximum atomic E-state index is 12.1. The molecule has 2 rings (SSSR count). The summed E-state index contributed by atoms with van der Waals surface area (Å²) in [6.45, 7) is 1.42. The van der Waals surface area contributed by atoms with Crippen LogP contribution in [0, 0.1) is 6.92 Å². The summed E-state index contributed by atoms with van der Waals surface area (Å²) >= 11 is 0. The fourth-order valence-corrected chi connectivity index (χ4v) is 2.92. The number of sulfonamides is 1. The van der Waals surface area contributed by atoms with Gasteiger partial charge in [-0.1, -0.05) is 0 Å². The van der Waals surface area contributed by atoms with Crippen molar-refractivity contribution in [3.63, 3.8) is 0 Å². The smallest absolute Gasteiger partial charge is 0.260 e. The Morgan fingerprint density at radius 2 is 2.25 bits per heavy atom. The van der Waals surface area contributed by atoms with Crippen molar-refractivity contribution in [2.75, 3.05) is 6.54 Å². The fourth-order valence-electron chi connectivity index (χ4n) is 1.70. The van der Waals surface area contributed by atoms with E-state index in [2.05, 4.69) is 25.0 Å². The third-order valence-corrected chi connectivity index (χ3v) is 4.17. The Kier molecular flexibility index (Phi) is 4.16. The summed E-state index contributed by atoms with van der Waals surface area (Å²) < 4.78 is 28.1. The zero-order valence-corrected chi connectivity index (χ0v) is 12.0. The monoisotopic (exact) mass is 300 g/mol. The fraction of sp³-hybridized carbons (Fsp3) is 0.500. The molecule has 0 amide bonds. The van der Waals surface area contributed by atoms with Crippen molar-refractivity contribution >= 4 is 10.0 Å². The Bertz CT molecular complexity index is 690. The summed E-state index contributed by atoms with van der Waals surface area (Å²) in [4.78, 5) is 4.00. The van der Waals surface area contributed by atoms with Gasteiger partial charge in [0, 0.05) is 31.3 Å². The number of aryl methyl sites for hydroxylation is 2. The number of aliphatic hydroxyl groups is 1. The first kappa shape index (κ1) is 14.6. The van der Waals surface area contributed by atoms with E-state index in [1.54, 1.807) is 25.0 Å². The van der Waals surface area contributed by atoms with Gasteiger partial charge in [0.25, 0.3) is 10.0 Å². The molecule has 0 atom stereocenters. The third kappa shape index (κ3) is 3.03. The molecule has 0 saturated carbocycles. The summed E-state index contributed by atoms with van der Waals surface area (Å²) in [5.41, 5.74) is 0.799. The molecule has 0 aliphatic rings. The standard InChI is InChI=1S/C10H16N6O3S/c1-7-8(5-17)10(14-13-7)20(18,19)12-4-3-9-11-6-16(2)15-9/h6,12,17H,3-5H2,1-2H3,(H,13,14). The molecule has 110 valence electrons. The summed E-state index contributed by atoms with van der Waals surface area (Å²) in [5.74, 6) is 0.552. The van der Waals surface area contributed by atoms with Gasteiger partial charge in [-0.25, -0.2) is 18.1 Å². The third-order valence-electron chi connectivity index (χ3n) is 2.74. The zero-order valence-electron chi connectivity index (χ0n) is 11.2. The van der Waals surface area contributed by atoms with E-state index >= 15 is 0 Å². The minimum Gasteiger partial charge on any atom is -0.392 e. The first-order valence-electron chi connectivity index (χ1n) is 5.93. The zero-order chi connectivity index (χ0) is 14.8. The van der Waals surface area contributed by atoms with Gasteiger partial charge in [-0.3, -0.25) is 9.78 Å². The normalized spacial score (nSPS) is 11.9. The Balaban J connectivity index is 2.04. The lowest BCUT2D eigenvalue weighted by Gasteiger charge is -2.04. The van der Waals surface area contributed by atoms with E-state index in [0.29, 0.717) is 17.9 Å². The lowest BCUT2D eigenvalue weighted by molar-refractivity contribution is 0.277. The molecule has 10 heteroatoms. The number of aromatic nitrogens is 5. The molecule has 9 nitrogen and oxygen atoms in total. The molecule has 0 saturated heterocycles. The van der Waals surface area contributed by atoms with Crippen LogP contribution in [0.4, 0.5) is 0 Å². The van der Waals surface area contributed by atoms with Gasteiger partial charge in [0.1, 0.15) is 6.33 Å². The van der Waals surface area contributed by atoms with Crippen molar-refractivity contribution in [1.29, 1.82) is 0 Å². The van der Waals surface area contributed by atoms with Gasteiger partial charge in [0.2, 0.25) is 0 Å². The Labute approximate surface area is 116 Å². The van der Waals surface area contributed by atoms with Crippen molar-refractivity contribution in [2.24, 2.45) is 7.05 Å². The van der Waals surface area contributed by atoms with Gasteiger partial charge in [0.05, 0.1) is 6.61 Å². The van der Waals surface area contributed by atoms with E-state index in [-0.39, 0.29) is 23.7 Å². The van der Waals surface area contributed by atoms with E-state index in [9.17, 15) is 13.5 Å². The molecule has 0 aliphatic heterocycles. The molecule has 2 heterocycles. The molecule has 3 N–H and O–H groups in total. The van der Waals surface area contributed by atoms with Crippen LogP contribution in [0.2, 0.25) is 0 Å². The van der Waals surface area contributed by atoms with Gasteiger partial charge in [0.15, 0.2) is 10.9 Å². The van der Waals surface area contributed by atoms with Crippen LogP contribution in [0.15, 0.2) is 11.4 Å². The van der Waals surface area contributed by atoms with Crippen molar-refractivity contribution in [3.8, 4) is 0 Å². The van der Waals surface area contributed by atoms with E-state index in [0.717, 1.165) is 0 Å². The Morgan fingerprint density at radius 1 is 1.50 bits per heavy atom. The maximum Gasteiger partial charge on any atom is 0.260 e. The minimum atomic E-state index is -3.76. The molecular weight excluding hydrogens is 284 g/mol. The van der Waals surface area contributed by atoms with Crippen LogP contribution in [0.3, 0.4) is 0 Å². The number of aliphatic hydroxyl groups excluding tert-OH is 1. The molecule has 0 radical (unpaired) electrons. The molecule has 0 aliphatic carbocycles. The number of hydrogen-bond acceptors (Lipinski definition) is 6. The van der Waals surface area contributed by atoms with Crippen LogP contribution >= 0.6 is 0 Å². The van der Waals surface area contributed by atoms with Crippen LogP contribution in [-0.4, -0.2) is 45.0 Å². The number of nitrogens with zero attached hydrogens (tertiary/aromatic N) is 4. The van der Waals surface area contributed by atoms with Gasteiger partial charge >= 0.3 is 0 Å². The van der Waals surface area contributed by atoms with E-state index in [1.165, 1.54) is 0 Å². The second-order valence-electron chi connectivity index (χ2n) is 4.27. The number of hydrogen-bond donors (Lipinski definition) is 3. The largest absolute Gasteiger partial charge is 0.392 e. The minimum absolute atomic E-state index is 0.156. The second kappa shape index (κ2) is 5.69. The molecule has 2 aromatic rings. The van der Waals surface area contributed by atoms with Crippen LogP contribution in [0.25, 0.3) is 0 Å². The molecule has 0 fully saturated rings. The molecule has 0 spiro atoms. The number of nitrogens with one attached hydrogen (secondary N) is 2. The van der Waals surface area contributed by atoms with E-state index in [1.807, 2.05) is 0 Å².